The second-order valence-electron chi connectivity index (χ2n) is 6.38. The van der Waals surface area contributed by atoms with Crippen LogP contribution in [0, 0.1) is 20.8 Å². The number of benzene rings is 1. The maximum Gasteiger partial charge on any atom is 0.350 e. The molecule has 3 rings (SSSR count). The monoisotopic (exact) mass is 398 g/mol. The third-order valence-electron chi connectivity index (χ3n) is 4.06. The Morgan fingerprint density at radius 2 is 1.89 bits per heavy atom. The lowest BCUT2D eigenvalue weighted by Gasteiger charge is -2.06. The molecule has 0 unspecified atom stereocenters. The SMILES string of the molecule is CCOC(=O)c1sc(NC(=O)Cc2ccc(-n3nc(C)cc3C)cc2)nc1C. The molecule has 2 aromatic heterocycles. The summed E-state index contributed by atoms with van der Waals surface area (Å²) in [5, 5.41) is 7.60. The third-order valence-corrected chi connectivity index (χ3v) is 5.11. The molecule has 28 heavy (non-hydrogen) atoms. The second-order valence-corrected chi connectivity index (χ2v) is 7.38. The zero-order chi connectivity index (χ0) is 20.3. The van der Waals surface area contributed by atoms with Crippen molar-refractivity contribution in [3.8, 4) is 5.69 Å². The van der Waals surface area contributed by atoms with E-state index < -0.39 is 5.97 Å². The maximum atomic E-state index is 12.3. The quantitative estimate of drug-likeness (QED) is 0.641. The number of amides is 1. The van der Waals surface area contributed by atoms with Gasteiger partial charge < -0.3 is 10.1 Å². The van der Waals surface area contributed by atoms with Crippen molar-refractivity contribution in [3.63, 3.8) is 0 Å². The average molecular weight is 398 g/mol. The molecule has 0 atom stereocenters. The average Bonchev–Trinajstić information content (AvgIpc) is 3.17. The van der Waals surface area contributed by atoms with Crippen LogP contribution in [-0.2, 0) is 16.0 Å². The largest absolute Gasteiger partial charge is 0.462 e. The van der Waals surface area contributed by atoms with Crippen molar-refractivity contribution >= 4 is 28.3 Å². The van der Waals surface area contributed by atoms with Crippen molar-refractivity contribution < 1.29 is 14.3 Å². The number of thiazole rings is 1. The van der Waals surface area contributed by atoms with Gasteiger partial charge in [-0.05, 0) is 51.5 Å². The molecule has 0 aliphatic carbocycles. The number of anilines is 1. The van der Waals surface area contributed by atoms with Gasteiger partial charge in [0.1, 0.15) is 4.88 Å². The van der Waals surface area contributed by atoms with E-state index in [2.05, 4.69) is 15.4 Å². The van der Waals surface area contributed by atoms with Crippen LogP contribution in [-0.4, -0.2) is 33.2 Å². The van der Waals surface area contributed by atoms with Gasteiger partial charge in [-0.3, -0.25) is 4.79 Å². The van der Waals surface area contributed by atoms with Gasteiger partial charge in [0.25, 0.3) is 0 Å². The number of esters is 1. The van der Waals surface area contributed by atoms with E-state index in [0.29, 0.717) is 22.3 Å². The number of hydrogen-bond donors (Lipinski definition) is 1. The van der Waals surface area contributed by atoms with E-state index in [4.69, 9.17) is 4.74 Å². The Bertz CT molecular complexity index is 1010. The lowest BCUT2D eigenvalue weighted by molar-refractivity contribution is -0.115. The Morgan fingerprint density at radius 1 is 1.18 bits per heavy atom. The number of carbonyl (C=O) groups excluding carboxylic acids is 2. The number of ether oxygens (including phenoxy) is 1. The summed E-state index contributed by atoms with van der Waals surface area (Å²) in [6.07, 6.45) is 0.213. The molecule has 0 aliphatic heterocycles. The van der Waals surface area contributed by atoms with Crippen molar-refractivity contribution in [1.82, 2.24) is 14.8 Å². The third kappa shape index (κ3) is 4.45. The predicted octanol–water partition coefficient (Wildman–Crippen LogP) is 3.61. The molecular formula is C20H22N4O3S. The van der Waals surface area contributed by atoms with E-state index in [-0.39, 0.29) is 12.3 Å². The Morgan fingerprint density at radius 3 is 2.50 bits per heavy atom. The van der Waals surface area contributed by atoms with Crippen LogP contribution in [0.25, 0.3) is 5.69 Å². The fourth-order valence-electron chi connectivity index (χ4n) is 2.83. The summed E-state index contributed by atoms with van der Waals surface area (Å²) in [4.78, 5) is 28.8. The summed E-state index contributed by atoms with van der Waals surface area (Å²) in [5.41, 5.74) is 4.39. The van der Waals surface area contributed by atoms with Gasteiger partial charge in [-0.25, -0.2) is 14.5 Å². The highest BCUT2D eigenvalue weighted by Gasteiger charge is 2.17. The minimum atomic E-state index is -0.419. The highest BCUT2D eigenvalue weighted by Crippen LogP contribution is 2.23. The summed E-state index contributed by atoms with van der Waals surface area (Å²) >= 11 is 1.12. The zero-order valence-electron chi connectivity index (χ0n) is 16.3. The number of aryl methyl sites for hydroxylation is 3. The van der Waals surface area contributed by atoms with Crippen molar-refractivity contribution in [1.29, 1.82) is 0 Å². The topological polar surface area (TPSA) is 86.1 Å². The first kappa shape index (κ1) is 19.8. The molecule has 0 bridgehead atoms. The normalized spacial score (nSPS) is 10.7. The standard InChI is InChI=1S/C20H22N4O3S/c1-5-27-19(26)18-14(4)21-20(28-18)22-17(25)11-15-6-8-16(9-7-15)24-13(3)10-12(2)23-24/h6-10H,5,11H2,1-4H3,(H,21,22,25). The molecule has 0 radical (unpaired) electrons. The predicted molar refractivity (Wildman–Crippen MR) is 108 cm³/mol. The van der Waals surface area contributed by atoms with Gasteiger partial charge in [-0.2, -0.15) is 5.10 Å². The summed E-state index contributed by atoms with van der Waals surface area (Å²) < 4.78 is 6.86. The first-order chi connectivity index (χ1) is 13.4. The van der Waals surface area contributed by atoms with E-state index in [0.717, 1.165) is 34.0 Å². The number of hydrogen-bond acceptors (Lipinski definition) is 6. The van der Waals surface area contributed by atoms with Crippen LogP contribution in [0.15, 0.2) is 30.3 Å². The van der Waals surface area contributed by atoms with E-state index in [1.807, 2.05) is 48.9 Å². The van der Waals surface area contributed by atoms with Crippen LogP contribution >= 0.6 is 11.3 Å². The molecule has 1 aromatic carbocycles. The lowest BCUT2D eigenvalue weighted by atomic mass is 10.1. The van der Waals surface area contributed by atoms with Crippen molar-refractivity contribution in [2.75, 3.05) is 11.9 Å². The van der Waals surface area contributed by atoms with Gasteiger partial charge in [-0.1, -0.05) is 23.5 Å². The van der Waals surface area contributed by atoms with Crippen LogP contribution < -0.4 is 5.32 Å². The van der Waals surface area contributed by atoms with Crippen LogP contribution in [0.4, 0.5) is 5.13 Å². The molecule has 1 N–H and O–H groups in total. The fraction of sp³-hybridized carbons (Fsp3) is 0.300. The highest BCUT2D eigenvalue weighted by atomic mass is 32.1. The molecule has 0 fully saturated rings. The number of rotatable bonds is 6. The zero-order valence-corrected chi connectivity index (χ0v) is 17.1. The van der Waals surface area contributed by atoms with Crippen LogP contribution in [0.1, 0.15) is 39.2 Å². The van der Waals surface area contributed by atoms with Crippen LogP contribution in [0.2, 0.25) is 0 Å². The van der Waals surface area contributed by atoms with Gasteiger partial charge in [-0.15, -0.1) is 0 Å². The molecule has 1 amide bonds. The van der Waals surface area contributed by atoms with Crippen LogP contribution in [0.5, 0.6) is 0 Å². The van der Waals surface area contributed by atoms with Crippen LogP contribution in [0.3, 0.4) is 0 Å². The van der Waals surface area contributed by atoms with Gasteiger partial charge in [0.2, 0.25) is 5.91 Å². The van der Waals surface area contributed by atoms with E-state index >= 15 is 0 Å². The van der Waals surface area contributed by atoms with E-state index in [1.54, 1.807) is 13.8 Å². The summed E-state index contributed by atoms with van der Waals surface area (Å²) in [5.74, 6) is -0.610. The summed E-state index contributed by atoms with van der Waals surface area (Å²) in [7, 11) is 0. The van der Waals surface area contributed by atoms with Crippen molar-refractivity contribution in [3.05, 3.63) is 57.9 Å². The number of nitrogens with one attached hydrogen (secondary N) is 1. The van der Waals surface area contributed by atoms with Gasteiger partial charge in [0.05, 0.1) is 30.1 Å². The molecule has 3 aromatic rings. The van der Waals surface area contributed by atoms with E-state index in [1.165, 1.54) is 0 Å². The highest BCUT2D eigenvalue weighted by molar-refractivity contribution is 7.17. The first-order valence-corrected chi connectivity index (χ1v) is 9.76. The minimum Gasteiger partial charge on any atom is -0.462 e. The fourth-order valence-corrected chi connectivity index (χ4v) is 3.71. The van der Waals surface area contributed by atoms with Crippen molar-refractivity contribution in [2.24, 2.45) is 0 Å². The summed E-state index contributed by atoms with van der Waals surface area (Å²) in [6, 6.07) is 9.70. The van der Waals surface area contributed by atoms with Crippen molar-refractivity contribution in [2.45, 2.75) is 34.1 Å². The molecule has 0 spiro atoms. The molecule has 0 saturated carbocycles. The molecule has 8 heteroatoms. The van der Waals surface area contributed by atoms with Gasteiger partial charge in [0.15, 0.2) is 5.13 Å². The Balaban J connectivity index is 1.64. The Kier molecular flexibility index (Phi) is 5.89. The molecule has 2 heterocycles. The van der Waals surface area contributed by atoms with E-state index in [9.17, 15) is 9.59 Å². The Hall–Kier alpha value is -3.00. The number of carbonyl (C=O) groups is 2. The first-order valence-electron chi connectivity index (χ1n) is 8.94. The minimum absolute atomic E-state index is 0.192. The smallest absolute Gasteiger partial charge is 0.350 e. The second kappa shape index (κ2) is 8.35. The molecule has 0 saturated heterocycles. The van der Waals surface area contributed by atoms with Gasteiger partial charge in [0, 0.05) is 5.69 Å². The molecule has 7 nitrogen and oxygen atoms in total. The molecule has 0 aliphatic rings. The molecular weight excluding hydrogens is 376 g/mol. The lowest BCUT2D eigenvalue weighted by Crippen LogP contribution is -2.14. The Labute approximate surface area is 167 Å². The summed E-state index contributed by atoms with van der Waals surface area (Å²) in [6.45, 7) is 7.72. The van der Waals surface area contributed by atoms with Gasteiger partial charge >= 0.3 is 5.97 Å². The maximum absolute atomic E-state index is 12.3. The number of nitrogens with zero attached hydrogens (tertiary/aromatic N) is 3. The molecule has 146 valence electrons. The number of aromatic nitrogens is 3.